The third-order valence-corrected chi connectivity index (χ3v) is 3.06. The molecule has 0 saturated heterocycles. The molecule has 0 aliphatic carbocycles. The molecule has 0 saturated carbocycles. The van der Waals surface area contributed by atoms with Gasteiger partial charge < -0.3 is 0 Å². The Morgan fingerprint density at radius 2 is 1.94 bits per heavy atom. The summed E-state index contributed by atoms with van der Waals surface area (Å²) in [6.07, 6.45) is -6.28. The van der Waals surface area contributed by atoms with Crippen molar-refractivity contribution in [3.8, 4) is 0 Å². The maximum Gasteiger partial charge on any atom is 0.389 e. The second kappa shape index (κ2) is 7.92. The van der Waals surface area contributed by atoms with E-state index in [-0.39, 0.29) is 11.5 Å². The van der Waals surface area contributed by atoms with E-state index in [1.807, 2.05) is 0 Å². The number of carbonyl (C=O) groups excluding carboxylic acids is 1. The lowest BCUT2D eigenvalue weighted by Crippen LogP contribution is -2.11. The first-order chi connectivity index (χ1) is 7.35. The van der Waals surface area contributed by atoms with Gasteiger partial charge in [0.1, 0.15) is 6.17 Å². The molecular formula is C10H16F4OS. The third-order valence-electron chi connectivity index (χ3n) is 1.95. The van der Waals surface area contributed by atoms with Crippen LogP contribution in [0.2, 0.25) is 0 Å². The Morgan fingerprint density at radius 1 is 1.31 bits per heavy atom. The molecule has 0 fully saturated rings. The van der Waals surface area contributed by atoms with Crippen LogP contribution in [0.5, 0.6) is 0 Å². The van der Waals surface area contributed by atoms with E-state index in [4.69, 9.17) is 0 Å². The van der Waals surface area contributed by atoms with Crippen molar-refractivity contribution in [2.45, 2.75) is 51.4 Å². The van der Waals surface area contributed by atoms with Crippen molar-refractivity contribution in [1.29, 1.82) is 0 Å². The van der Waals surface area contributed by atoms with Crippen LogP contribution in [0.1, 0.15) is 39.0 Å². The third kappa shape index (κ3) is 10.3. The largest absolute Gasteiger partial charge is 0.389 e. The molecule has 16 heavy (non-hydrogen) atoms. The molecule has 0 aromatic carbocycles. The zero-order chi connectivity index (χ0) is 12.6. The molecule has 0 N–H and O–H groups in total. The predicted octanol–water partition coefficient (Wildman–Crippen LogP) is 4.12. The van der Waals surface area contributed by atoms with Crippen LogP contribution in [-0.2, 0) is 4.79 Å². The molecule has 1 atom stereocenters. The van der Waals surface area contributed by atoms with Crippen molar-refractivity contribution in [1.82, 2.24) is 0 Å². The summed E-state index contributed by atoms with van der Waals surface area (Å²) in [4.78, 5) is 10.8. The maximum atomic E-state index is 12.9. The monoisotopic (exact) mass is 260 g/mol. The second-order valence-electron chi connectivity index (χ2n) is 3.47. The molecule has 6 heteroatoms. The number of rotatable bonds is 7. The van der Waals surface area contributed by atoms with Crippen molar-refractivity contribution in [3.05, 3.63) is 0 Å². The minimum atomic E-state index is -4.28. The first-order valence-corrected chi connectivity index (χ1v) is 6.20. The van der Waals surface area contributed by atoms with Crippen molar-refractivity contribution in [2.24, 2.45) is 0 Å². The second-order valence-corrected chi connectivity index (χ2v) is 4.62. The summed E-state index contributed by atoms with van der Waals surface area (Å²) in [5.74, 6) is 0.485. The fraction of sp³-hybridized carbons (Fsp3) is 0.900. The van der Waals surface area contributed by atoms with E-state index in [0.29, 0.717) is 18.6 Å². The highest BCUT2D eigenvalue weighted by atomic mass is 32.2. The Hall–Kier alpha value is -0.260. The van der Waals surface area contributed by atoms with Gasteiger partial charge in [-0.3, -0.25) is 4.79 Å². The van der Waals surface area contributed by atoms with Gasteiger partial charge in [0.2, 0.25) is 0 Å². The molecule has 0 aromatic rings. The molecule has 96 valence electrons. The van der Waals surface area contributed by atoms with E-state index in [9.17, 15) is 22.4 Å². The number of hydrogen-bond donors (Lipinski definition) is 0. The van der Waals surface area contributed by atoms with Gasteiger partial charge >= 0.3 is 6.18 Å². The van der Waals surface area contributed by atoms with E-state index in [1.165, 1.54) is 0 Å². The summed E-state index contributed by atoms with van der Waals surface area (Å²) < 4.78 is 48.2. The smallest absolute Gasteiger partial charge is 0.287 e. The van der Waals surface area contributed by atoms with Crippen LogP contribution < -0.4 is 0 Å². The van der Waals surface area contributed by atoms with Crippen LogP contribution in [0.4, 0.5) is 17.6 Å². The molecule has 1 nitrogen and oxygen atoms in total. The molecule has 0 aliphatic rings. The number of thioether (sulfide) groups is 1. The number of carbonyl (C=O) groups is 1. The van der Waals surface area contributed by atoms with Crippen molar-refractivity contribution < 1.29 is 22.4 Å². The highest BCUT2D eigenvalue weighted by molar-refractivity contribution is 8.13. The summed E-state index contributed by atoms with van der Waals surface area (Å²) in [7, 11) is 0. The van der Waals surface area contributed by atoms with Gasteiger partial charge in [-0.15, -0.1) is 0 Å². The van der Waals surface area contributed by atoms with Crippen LogP contribution in [0.3, 0.4) is 0 Å². The van der Waals surface area contributed by atoms with Gasteiger partial charge in [-0.25, -0.2) is 4.39 Å². The van der Waals surface area contributed by atoms with Crippen molar-refractivity contribution in [3.63, 3.8) is 0 Å². The fourth-order valence-electron chi connectivity index (χ4n) is 1.06. The average Bonchev–Trinajstić information content (AvgIpc) is 2.20. The quantitative estimate of drug-likeness (QED) is 0.506. The van der Waals surface area contributed by atoms with E-state index in [1.54, 1.807) is 6.92 Å². The molecule has 0 radical (unpaired) electrons. The van der Waals surface area contributed by atoms with Crippen LogP contribution in [-0.4, -0.2) is 23.2 Å². The fourth-order valence-corrected chi connectivity index (χ4v) is 1.80. The molecular weight excluding hydrogens is 244 g/mol. The molecule has 0 spiro atoms. The lowest BCUT2D eigenvalue weighted by molar-refractivity contribution is -0.138. The van der Waals surface area contributed by atoms with Gasteiger partial charge in [-0.05, 0) is 19.3 Å². The Labute approximate surface area is 97.0 Å². The molecule has 0 amide bonds. The zero-order valence-corrected chi connectivity index (χ0v) is 9.96. The van der Waals surface area contributed by atoms with E-state index >= 15 is 0 Å². The Morgan fingerprint density at radius 3 is 2.44 bits per heavy atom. The van der Waals surface area contributed by atoms with E-state index < -0.39 is 25.2 Å². The molecule has 1 unspecified atom stereocenters. The summed E-state index contributed by atoms with van der Waals surface area (Å²) in [5.41, 5.74) is 0. The highest BCUT2D eigenvalue weighted by Crippen LogP contribution is 2.24. The lowest BCUT2D eigenvalue weighted by Gasteiger charge is -2.09. The molecule has 0 heterocycles. The number of halogens is 4. The Bertz CT molecular complexity index is 205. The van der Waals surface area contributed by atoms with E-state index in [0.717, 1.165) is 11.8 Å². The maximum absolute atomic E-state index is 12.9. The van der Waals surface area contributed by atoms with Crippen molar-refractivity contribution in [2.75, 3.05) is 5.75 Å². The lowest BCUT2D eigenvalue weighted by atomic mass is 10.1. The SMILES string of the molecule is CCC(=O)SCCCC(F)CCC(F)(F)F. The summed E-state index contributed by atoms with van der Waals surface area (Å²) in [6, 6.07) is 0. The summed E-state index contributed by atoms with van der Waals surface area (Å²) >= 11 is 1.11. The zero-order valence-electron chi connectivity index (χ0n) is 9.15. The average molecular weight is 260 g/mol. The van der Waals surface area contributed by atoms with Crippen LogP contribution >= 0.6 is 11.8 Å². The van der Waals surface area contributed by atoms with Gasteiger partial charge in [0.05, 0.1) is 0 Å². The predicted molar refractivity (Wildman–Crippen MR) is 57.2 cm³/mol. The normalized spacial score (nSPS) is 13.8. The van der Waals surface area contributed by atoms with Crippen LogP contribution in [0, 0.1) is 0 Å². The van der Waals surface area contributed by atoms with Gasteiger partial charge in [-0.1, -0.05) is 18.7 Å². The van der Waals surface area contributed by atoms with Gasteiger partial charge in [-0.2, -0.15) is 13.2 Å². The number of hydrogen-bond acceptors (Lipinski definition) is 2. The van der Waals surface area contributed by atoms with Gasteiger partial charge in [0.25, 0.3) is 0 Å². The number of alkyl halides is 4. The van der Waals surface area contributed by atoms with Crippen LogP contribution in [0.25, 0.3) is 0 Å². The first kappa shape index (κ1) is 15.7. The highest BCUT2D eigenvalue weighted by Gasteiger charge is 2.28. The van der Waals surface area contributed by atoms with Gasteiger partial charge in [0.15, 0.2) is 5.12 Å². The standard InChI is InChI=1S/C10H16F4OS/c1-2-9(15)16-7-3-4-8(11)5-6-10(12,13)14/h8H,2-7H2,1H3. The van der Waals surface area contributed by atoms with Crippen LogP contribution in [0.15, 0.2) is 0 Å². The topological polar surface area (TPSA) is 17.1 Å². The van der Waals surface area contributed by atoms with E-state index in [2.05, 4.69) is 0 Å². The first-order valence-electron chi connectivity index (χ1n) is 5.21. The molecule has 0 rings (SSSR count). The summed E-state index contributed by atoms with van der Waals surface area (Å²) in [5, 5.41) is 0.0331. The minimum Gasteiger partial charge on any atom is -0.287 e. The summed E-state index contributed by atoms with van der Waals surface area (Å²) in [6.45, 7) is 1.73. The van der Waals surface area contributed by atoms with Gasteiger partial charge in [0, 0.05) is 18.6 Å². The molecule has 0 aliphatic heterocycles. The molecule has 0 aromatic heterocycles. The van der Waals surface area contributed by atoms with Crippen molar-refractivity contribution >= 4 is 16.9 Å². The Balaban J connectivity index is 3.44. The minimum absolute atomic E-state index is 0.0331. The Kier molecular flexibility index (Phi) is 7.80. The molecule has 0 bridgehead atoms.